The van der Waals surface area contributed by atoms with E-state index in [1.807, 2.05) is 12.3 Å². The number of nitrogens with zero attached hydrogens (tertiary/aromatic N) is 1. The van der Waals surface area contributed by atoms with Gasteiger partial charge in [-0.3, -0.25) is 4.98 Å². The number of nitrogens with two attached hydrogens (primary N) is 1. The van der Waals surface area contributed by atoms with Gasteiger partial charge in [0.1, 0.15) is 0 Å². The number of thiophene rings is 1. The molecule has 0 aromatic carbocycles. The molecular weight excluding hydrogens is 284 g/mol. The summed E-state index contributed by atoms with van der Waals surface area (Å²) in [5.74, 6) is 0. The molecular formula is C12H13BrN2S. The third-order valence-corrected chi connectivity index (χ3v) is 3.91. The Hall–Kier alpha value is -0.710. The summed E-state index contributed by atoms with van der Waals surface area (Å²) in [7, 11) is 0. The first-order valence-electron chi connectivity index (χ1n) is 5.01. The minimum atomic E-state index is -0.0880. The number of hydrogen-bond acceptors (Lipinski definition) is 3. The second-order valence-electron chi connectivity index (χ2n) is 3.78. The van der Waals surface area contributed by atoms with Gasteiger partial charge in [0.25, 0.3) is 0 Å². The third-order valence-electron chi connectivity index (χ3n) is 2.50. The summed E-state index contributed by atoms with van der Waals surface area (Å²) in [6, 6.07) is 4.09. The lowest BCUT2D eigenvalue weighted by Gasteiger charge is -2.11. The van der Waals surface area contributed by atoms with Crippen LogP contribution in [-0.4, -0.2) is 4.98 Å². The predicted molar refractivity (Wildman–Crippen MR) is 71.8 cm³/mol. The molecule has 0 aliphatic heterocycles. The van der Waals surface area contributed by atoms with Crippen LogP contribution in [-0.2, 0) is 0 Å². The summed E-state index contributed by atoms with van der Waals surface area (Å²) < 4.78 is 0.963. The Kier molecular flexibility index (Phi) is 3.42. The van der Waals surface area contributed by atoms with Crippen LogP contribution < -0.4 is 5.73 Å². The van der Waals surface area contributed by atoms with Gasteiger partial charge in [0.2, 0.25) is 0 Å². The van der Waals surface area contributed by atoms with E-state index in [2.05, 4.69) is 40.8 Å². The zero-order valence-electron chi connectivity index (χ0n) is 9.20. The van der Waals surface area contributed by atoms with Crippen molar-refractivity contribution in [1.82, 2.24) is 4.98 Å². The number of aryl methyl sites for hydroxylation is 2. The average molecular weight is 297 g/mol. The second kappa shape index (κ2) is 4.65. The molecule has 2 N–H and O–H groups in total. The molecule has 2 nitrogen and oxygen atoms in total. The molecule has 2 rings (SSSR count). The average Bonchev–Trinajstić information content (AvgIpc) is 2.57. The first-order chi connectivity index (χ1) is 7.58. The maximum atomic E-state index is 6.25. The van der Waals surface area contributed by atoms with Crippen molar-refractivity contribution < 1.29 is 0 Å². The molecule has 0 saturated heterocycles. The van der Waals surface area contributed by atoms with E-state index in [1.54, 1.807) is 17.5 Å². The molecule has 0 spiro atoms. The van der Waals surface area contributed by atoms with E-state index >= 15 is 0 Å². The largest absolute Gasteiger partial charge is 0.320 e. The normalized spacial score (nSPS) is 12.8. The monoisotopic (exact) mass is 296 g/mol. The van der Waals surface area contributed by atoms with Gasteiger partial charge in [0.05, 0.1) is 6.04 Å². The molecule has 84 valence electrons. The number of pyridine rings is 1. The smallest absolute Gasteiger partial charge is 0.0578 e. The molecule has 1 atom stereocenters. The van der Waals surface area contributed by atoms with Gasteiger partial charge in [-0.2, -0.15) is 0 Å². The topological polar surface area (TPSA) is 38.9 Å². The lowest BCUT2D eigenvalue weighted by atomic mass is 10.0. The minimum absolute atomic E-state index is 0.0880. The Balaban J connectivity index is 2.38. The SMILES string of the molecule is Cc1cc(C(N)c2cncc(Br)c2)c(C)s1. The van der Waals surface area contributed by atoms with E-state index in [0.717, 1.165) is 10.0 Å². The van der Waals surface area contributed by atoms with Crippen molar-refractivity contribution in [2.75, 3.05) is 0 Å². The highest BCUT2D eigenvalue weighted by molar-refractivity contribution is 9.10. The van der Waals surface area contributed by atoms with Gasteiger partial charge in [0.15, 0.2) is 0 Å². The van der Waals surface area contributed by atoms with Crippen LogP contribution in [0, 0.1) is 13.8 Å². The molecule has 0 aliphatic rings. The summed E-state index contributed by atoms with van der Waals surface area (Å²) in [6.07, 6.45) is 3.59. The summed E-state index contributed by atoms with van der Waals surface area (Å²) in [4.78, 5) is 6.72. The van der Waals surface area contributed by atoms with Crippen molar-refractivity contribution in [2.45, 2.75) is 19.9 Å². The maximum Gasteiger partial charge on any atom is 0.0578 e. The van der Waals surface area contributed by atoms with Gasteiger partial charge < -0.3 is 5.73 Å². The van der Waals surface area contributed by atoms with E-state index in [-0.39, 0.29) is 6.04 Å². The number of aromatic nitrogens is 1. The van der Waals surface area contributed by atoms with Gasteiger partial charge in [-0.25, -0.2) is 0 Å². The van der Waals surface area contributed by atoms with E-state index < -0.39 is 0 Å². The van der Waals surface area contributed by atoms with E-state index in [9.17, 15) is 0 Å². The zero-order valence-corrected chi connectivity index (χ0v) is 11.6. The molecule has 2 aromatic heterocycles. The molecule has 16 heavy (non-hydrogen) atoms. The van der Waals surface area contributed by atoms with Crippen molar-refractivity contribution in [3.8, 4) is 0 Å². The Labute approximate surface area is 108 Å². The van der Waals surface area contributed by atoms with Gasteiger partial charge in [0, 0.05) is 26.6 Å². The molecule has 0 aliphatic carbocycles. The van der Waals surface area contributed by atoms with Gasteiger partial charge >= 0.3 is 0 Å². The van der Waals surface area contributed by atoms with Crippen molar-refractivity contribution in [2.24, 2.45) is 5.73 Å². The molecule has 0 amide bonds. The van der Waals surface area contributed by atoms with Gasteiger partial charge in [-0.05, 0) is 53.0 Å². The van der Waals surface area contributed by atoms with E-state index in [4.69, 9.17) is 5.73 Å². The molecule has 0 radical (unpaired) electrons. The first-order valence-corrected chi connectivity index (χ1v) is 6.62. The standard InChI is InChI=1S/C12H13BrN2S/c1-7-3-11(8(2)16-7)12(14)9-4-10(13)6-15-5-9/h3-6,12H,14H2,1-2H3. The predicted octanol–water partition coefficient (Wildman–Crippen LogP) is 3.57. The molecule has 2 heterocycles. The summed E-state index contributed by atoms with van der Waals surface area (Å²) in [5, 5.41) is 0. The minimum Gasteiger partial charge on any atom is -0.320 e. The van der Waals surface area contributed by atoms with Crippen LogP contribution in [0.15, 0.2) is 29.0 Å². The van der Waals surface area contributed by atoms with Crippen LogP contribution in [0.1, 0.15) is 26.9 Å². The van der Waals surface area contributed by atoms with Crippen molar-refractivity contribution in [3.05, 3.63) is 49.9 Å². The van der Waals surface area contributed by atoms with E-state index in [1.165, 1.54) is 15.3 Å². The molecule has 0 fully saturated rings. The number of halogens is 1. The fraction of sp³-hybridized carbons (Fsp3) is 0.250. The lowest BCUT2D eigenvalue weighted by molar-refractivity contribution is 0.859. The van der Waals surface area contributed by atoms with Crippen molar-refractivity contribution in [1.29, 1.82) is 0 Å². The summed E-state index contributed by atoms with van der Waals surface area (Å²) in [5.41, 5.74) is 8.48. The second-order valence-corrected chi connectivity index (χ2v) is 6.16. The maximum absolute atomic E-state index is 6.25. The van der Waals surface area contributed by atoms with Crippen molar-refractivity contribution >= 4 is 27.3 Å². The molecule has 0 saturated carbocycles. The third kappa shape index (κ3) is 2.34. The number of rotatable bonds is 2. The fourth-order valence-corrected chi connectivity index (χ4v) is 3.09. The number of hydrogen-bond donors (Lipinski definition) is 1. The highest BCUT2D eigenvalue weighted by Crippen LogP contribution is 2.29. The lowest BCUT2D eigenvalue weighted by Crippen LogP contribution is -2.12. The van der Waals surface area contributed by atoms with E-state index in [0.29, 0.717) is 0 Å². The van der Waals surface area contributed by atoms with Crippen molar-refractivity contribution in [3.63, 3.8) is 0 Å². The molecule has 4 heteroatoms. The highest BCUT2D eigenvalue weighted by atomic mass is 79.9. The van der Waals surface area contributed by atoms with Crippen LogP contribution in [0.2, 0.25) is 0 Å². The van der Waals surface area contributed by atoms with Crippen LogP contribution in [0.5, 0.6) is 0 Å². The summed E-state index contributed by atoms with van der Waals surface area (Å²) >= 11 is 5.20. The van der Waals surface area contributed by atoms with Gasteiger partial charge in [-0.1, -0.05) is 0 Å². The fourth-order valence-electron chi connectivity index (χ4n) is 1.74. The Bertz CT molecular complexity index is 507. The quantitative estimate of drug-likeness (QED) is 0.920. The molecule has 2 aromatic rings. The van der Waals surface area contributed by atoms with Crippen LogP contribution in [0.25, 0.3) is 0 Å². The Morgan fingerprint density at radius 2 is 2.06 bits per heavy atom. The van der Waals surface area contributed by atoms with Crippen LogP contribution >= 0.6 is 27.3 Å². The van der Waals surface area contributed by atoms with Crippen LogP contribution in [0.3, 0.4) is 0 Å². The highest BCUT2D eigenvalue weighted by Gasteiger charge is 2.14. The molecule has 0 bridgehead atoms. The summed E-state index contributed by atoms with van der Waals surface area (Å²) in [6.45, 7) is 4.21. The molecule has 1 unspecified atom stereocenters. The zero-order chi connectivity index (χ0) is 11.7. The Morgan fingerprint density at radius 3 is 2.62 bits per heavy atom. The van der Waals surface area contributed by atoms with Crippen LogP contribution in [0.4, 0.5) is 0 Å². The Morgan fingerprint density at radius 1 is 1.31 bits per heavy atom. The van der Waals surface area contributed by atoms with Gasteiger partial charge in [-0.15, -0.1) is 11.3 Å². The first kappa shape index (κ1) is 11.8.